The minimum absolute atomic E-state index is 0.0208. The van der Waals surface area contributed by atoms with Crippen LogP contribution in [0.1, 0.15) is 37.7 Å². The lowest BCUT2D eigenvalue weighted by atomic mass is 10.1. The highest BCUT2D eigenvalue weighted by Crippen LogP contribution is 2.24. The number of carbonyl (C=O) groups excluding carboxylic acids is 1. The van der Waals surface area contributed by atoms with Crippen LogP contribution in [0, 0.1) is 11.8 Å². The summed E-state index contributed by atoms with van der Waals surface area (Å²) >= 11 is 0. The first-order valence-corrected chi connectivity index (χ1v) is 13.1. The molecular weight excluding hydrogens is 460 g/mol. The second-order valence-corrected chi connectivity index (χ2v) is 10.6. The summed E-state index contributed by atoms with van der Waals surface area (Å²) in [6, 6.07) is 16.6. The van der Waals surface area contributed by atoms with Crippen LogP contribution in [0.3, 0.4) is 0 Å². The van der Waals surface area contributed by atoms with Crippen LogP contribution in [0.4, 0.5) is 11.4 Å². The summed E-state index contributed by atoms with van der Waals surface area (Å²) in [7, 11) is -2.22. The molecular formula is C27H30N4O3S. The smallest absolute Gasteiger partial charge is 0.241 e. The van der Waals surface area contributed by atoms with Crippen molar-refractivity contribution in [1.82, 2.24) is 9.62 Å². The summed E-state index contributed by atoms with van der Waals surface area (Å²) in [5.74, 6) is 5.64. The van der Waals surface area contributed by atoms with Crippen molar-refractivity contribution in [2.45, 2.75) is 49.1 Å². The number of sulfonamides is 1. The van der Waals surface area contributed by atoms with Crippen LogP contribution in [-0.2, 0) is 14.8 Å². The minimum Gasteiger partial charge on any atom is -0.397 e. The number of amides is 1. The number of hydrogen-bond donors (Lipinski definition) is 3. The average Bonchev–Trinajstić information content (AvgIpc) is 3.39. The molecule has 4 rings (SSSR count). The number of likely N-dealkylation sites (N-methyl/N-ethyl adjacent to an activating group) is 1. The fourth-order valence-corrected chi connectivity index (χ4v) is 5.62. The lowest BCUT2D eigenvalue weighted by molar-refractivity contribution is -0.133. The Labute approximate surface area is 206 Å². The number of hydrogen-bond acceptors (Lipinski definition) is 5. The van der Waals surface area contributed by atoms with E-state index in [-0.39, 0.29) is 23.3 Å². The second-order valence-electron chi connectivity index (χ2n) is 8.92. The van der Waals surface area contributed by atoms with Gasteiger partial charge in [0.05, 0.1) is 16.3 Å². The van der Waals surface area contributed by atoms with Crippen LogP contribution in [0.25, 0.3) is 10.8 Å². The zero-order valence-electron chi connectivity index (χ0n) is 19.7. The van der Waals surface area contributed by atoms with E-state index in [2.05, 4.69) is 16.6 Å². The fraction of sp³-hybridized carbons (Fsp3) is 0.296. The summed E-state index contributed by atoms with van der Waals surface area (Å²) in [6.07, 6.45) is 3.99. The van der Waals surface area contributed by atoms with E-state index < -0.39 is 16.1 Å². The number of nitrogens with one attached hydrogen (secondary N) is 1. The number of nitrogens with two attached hydrogens (primary N) is 2. The van der Waals surface area contributed by atoms with Gasteiger partial charge in [-0.2, -0.15) is 4.72 Å². The van der Waals surface area contributed by atoms with Crippen LogP contribution >= 0.6 is 0 Å². The van der Waals surface area contributed by atoms with Gasteiger partial charge in [0.2, 0.25) is 15.9 Å². The molecule has 0 unspecified atom stereocenters. The molecule has 5 N–H and O–H groups in total. The van der Waals surface area contributed by atoms with Crippen molar-refractivity contribution < 1.29 is 13.2 Å². The Morgan fingerprint density at radius 1 is 1.03 bits per heavy atom. The summed E-state index contributed by atoms with van der Waals surface area (Å²) in [6.45, 7) is 0. The zero-order valence-corrected chi connectivity index (χ0v) is 20.5. The van der Waals surface area contributed by atoms with Crippen LogP contribution in [0.5, 0.6) is 0 Å². The van der Waals surface area contributed by atoms with Crippen molar-refractivity contribution in [3.63, 3.8) is 0 Å². The molecule has 8 heteroatoms. The van der Waals surface area contributed by atoms with Crippen molar-refractivity contribution >= 4 is 38.1 Å². The summed E-state index contributed by atoms with van der Waals surface area (Å²) in [4.78, 5) is 15.2. The molecule has 182 valence electrons. The van der Waals surface area contributed by atoms with E-state index in [1.54, 1.807) is 48.3 Å². The number of nitrogen functional groups attached to an aromatic ring is 2. The Balaban J connectivity index is 1.60. The molecule has 3 aromatic rings. The van der Waals surface area contributed by atoms with Crippen molar-refractivity contribution in [1.29, 1.82) is 0 Å². The first-order chi connectivity index (χ1) is 16.7. The highest BCUT2D eigenvalue weighted by Gasteiger charge is 2.31. The number of rotatable bonds is 6. The van der Waals surface area contributed by atoms with Crippen molar-refractivity contribution in [2.24, 2.45) is 0 Å². The van der Waals surface area contributed by atoms with Gasteiger partial charge in [0.1, 0.15) is 6.04 Å². The quantitative estimate of drug-likeness (QED) is 0.361. The first-order valence-electron chi connectivity index (χ1n) is 11.7. The van der Waals surface area contributed by atoms with E-state index in [4.69, 9.17) is 11.5 Å². The third-order valence-corrected chi connectivity index (χ3v) is 7.94. The van der Waals surface area contributed by atoms with E-state index in [1.807, 2.05) is 24.3 Å². The molecule has 0 radical (unpaired) electrons. The molecule has 0 saturated heterocycles. The van der Waals surface area contributed by atoms with Crippen LogP contribution in [0.15, 0.2) is 65.6 Å². The number of nitrogens with zero attached hydrogens (tertiary/aromatic N) is 1. The normalized spacial score (nSPS) is 14.9. The van der Waals surface area contributed by atoms with Gasteiger partial charge in [0.25, 0.3) is 0 Å². The molecule has 1 aliphatic rings. The molecule has 0 aliphatic heterocycles. The molecule has 0 aromatic heterocycles. The molecule has 1 aliphatic carbocycles. The largest absolute Gasteiger partial charge is 0.397 e. The molecule has 0 bridgehead atoms. The van der Waals surface area contributed by atoms with E-state index in [0.717, 1.165) is 36.5 Å². The molecule has 1 amide bonds. The molecule has 3 aromatic carbocycles. The summed E-state index contributed by atoms with van der Waals surface area (Å²) in [5, 5.41) is 1.75. The average molecular weight is 491 g/mol. The molecule has 35 heavy (non-hydrogen) atoms. The summed E-state index contributed by atoms with van der Waals surface area (Å²) in [5.41, 5.74) is 13.1. The van der Waals surface area contributed by atoms with Crippen molar-refractivity contribution in [2.75, 3.05) is 18.5 Å². The second kappa shape index (κ2) is 10.4. The highest BCUT2D eigenvalue weighted by molar-refractivity contribution is 7.89. The Morgan fingerprint density at radius 2 is 1.74 bits per heavy atom. The van der Waals surface area contributed by atoms with Crippen molar-refractivity contribution in [3.05, 3.63) is 66.2 Å². The fourth-order valence-electron chi connectivity index (χ4n) is 4.39. The van der Waals surface area contributed by atoms with Gasteiger partial charge >= 0.3 is 0 Å². The van der Waals surface area contributed by atoms with Crippen LogP contribution < -0.4 is 16.2 Å². The predicted octanol–water partition coefficient (Wildman–Crippen LogP) is 3.49. The molecule has 0 heterocycles. The molecule has 1 saturated carbocycles. The Hall–Kier alpha value is -3.54. The van der Waals surface area contributed by atoms with Gasteiger partial charge in [0, 0.05) is 25.1 Å². The molecule has 0 spiro atoms. The van der Waals surface area contributed by atoms with E-state index >= 15 is 0 Å². The summed E-state index contributed by atoms with van der Waals surface area (Å²) < 4.78 is 29.2. The predicted molar refractivity (Wildman–Crippen MR) is 140 cm³/mol. The Bertz CT molecular complexity index is 1400. The van der Waals surface area contributed by atoms with Gasteiger partial charge in [-0.05, 0) is 53.9 Å². The third-order valence-electron chi connectivity index (χ3n) is 6.47. The monoisotopic (exact) mass is 490 g/mol. The lowest BCUT2D eigenvalue weighted by Crippen LogP contribution is -2.49. The number of benzene rings is 3. The number of fused-ring (bicyclic) bond motifs is 1. The number of carbonyl (C=O) groups is 1. The van der Waals surface area contributed by atoms with Gasteiger partial charge in [-0.15, -0.1) is 0 Å². The van der Waals surface area contributed by atoms with E-state index in [9.17, 15) is 13.2 Å². The molecule has 1 fully saturated rings. The van der Waals surface area contributed by atoms with Gasteiger partial charge in [-0.3, -0.25) is 4.79 Å². The first kappa shape index (κ1) is 24.6. The Morgan fingerprint density at radius 3 is 2.46 bits per heavy atom. The van der Waals surface area contributed by atoms with E-state index in [1.165, 1.54) is 0 Å². The molecule has 1 atom stereocenters. The minimum atomic E-state index is -3.96. The highest BCUT2D eigenvalue weighted by atomic mass is 32.2. The van der Waals surface area contributed by atoms with Crippen LogP contribution in [0.2, 0.25) is 0 Å². The third kappa shape index (κ3) is 5.76. The topological polar surface area (TPSA) is 119 Å². The van der Waals surface area contributed by atoms with Gasteiger partial charge < -0.3 is 16.4 Å². The SMILES string of the molecule is CN(C(=O)[C@H](CC#Cc1ccc(N)c(N)c1)NS(=O)(=O)c1ccc2ccccc2c1)C1CCCC1. The van der Waals surface area contributed by atoms with Gasteiger partial charge in [0.15, 0.2) is 0 Å². The lowest BCUT2D eigenvalue weighted by Gasteiger charge is -2.28. The maximum absolute atomic E-state index is 13.4. The van der Waals surface area contributed by atoms with Gasteiger partial charge in [-0.1, -0.05) is 55.0 Å². The Kier molecular flexibility index (Phi) is 7.29. The molecule has 7 nitrogen and oxygen atoms in total. The van der Waals surface area contributed by atoms with Crippen molar-refractivity contribution in [3.8, 4) is 11.8 Å². The zero-order chi connectivity index (χ0) is 25.0. The van der Waals surface area contributed by atoms with Crippen LogP contribution in [-0.4, -0.2) is 38.4 Å². The van der Waals surface area contributed by atoms with Gasteiger partial charge in [-0.25, -0.2) is 8.42 Å². The maximum atomic E-state index is 13.4. The number of anilines is 2. The van der Waals surface area contributed by atoms with E-state index in [0.29, 0.717) is 16.9 Å². The maximum Gasteiger partial charge on any atom is 0.241 e. The standard InChI is InChI=1S/C27H30N4O3S/c1-31(22-10-4-5-11-22)27(32)26(12-6-7-19-13-16-24(28)25(29)17-19)30-35(33,34)23-15-14-20-8-2-3-9-21(20)18-23/h2-3,8-9,13-18,22,26,30H,4-5,10-12,28-29H2,1H3/t26-/m0/s1.